The Morgan fingerprint density at radius 3 is 2.59 bits per heavy atom. The fourth-order valence-electron chi connectivity index (χ4n) is 2.95. The van der Waals surface area contributed by atoms with E-state index in [9.17, 15) is 9.59 Å². The molecule has 1 aliphatic heterocycles. The first-order chi connectivity index (χ1) is 13.1. The Morgan fingerprint density at radius 1 is 1.22 bits per heavy atom. The molecule has 2 rings (SSSR count). The Morgan fingerprint density at radius 2 is 1.93 bits per heavy atom. The Labute approximate surface area is 165 Å². The molecule has 0 atom stereocenters. The van der Waals surface area contributed by atoms with Crippen LogP contribution < -0.4 is 15.4 Å². The number of nitrogens with zero attached hydrogens (tertiary/aromatic N) is 1. The van der Waals surface area contributed by atoms with Gasteiger partial charge in [0.25, 0.3) is 5.91 Å². The number of halogens is 1. The molecule has 1 saturated heterocycles. The van der Waals surface area contributed by atoms with Gasteiger partial charge in [0.05, 0.1) is 0 Å². The maximum Gasteiger partial charge on any atom is 0.407 e. The number of carbonyl (C=O) groups is 2. The second kappa shape index (κ2) is 11.7. The summed E-state index contributed by atoms with van der Waals surface area (Å²) in [4.78, 5) is 24.9. The van der Waals surface area contributed by atoms with E-state index in [1.54, 1.807) is 0 Å². The summed E-state index contributed by atoms with van der Waals surface area (Å²) in [6.07, 6.45) is 2.59. The lowest BCUT2D eigenvalue weighted by Crippen LogP contribution is -2.37. The van der Waals surface area contributed by atoms with Gasteiger partial charge in [-0.25, -0.2) is 4.79 Å². The predicted octanol–water partition coefficient (Wildman–Crippen LogP) is 2.29. The first-order valence-corrected chi connectivity index (χ1v) is 9.66. The summed E-state index contributed by atoms with van der Waals surface area (Å²) in [7, 11) is 1.50. The lowest BCUT2D eigenvalue weighted by atomic mass is 9.93. The van der Waals surface area contributed by atoms with Crippen LogP contribution in [0.4, 0.5) is 4.79 Å². The quantitative estimate of drug-likeness (QED) is 0.668. The highest BCUT2D eigenvalue weighted by Crippen LogP contribution is 2.20. The van der Waals surface area contributed by atoms with Crippen molar-refractivity contribution in [3.63, 3.8) is 0 Å². The molecule has 0 aliphatic carbocycles. The maximum absolute atomic E-state index is 11.5. The maximum atomic E-state index is 11.5. The van der Waals surface area contributed by atoms with Crippen LogP contribution >= 0.6 is 11.6 Å². The van der Waals surface area contributed by atoms with Crippen LogP contribution in [-0.4, -0.2) is 63.3 Å². The molecule has 0 spiro atoms. The molecule has 0 bridgehead atoms. The zero-order valence-electron chi connectivity index (χ0n) is 15.7. The summed E-state index contributed by atoms with van der Waals surface area (Å²) in [5, 5.41) is 5.80. The Kier molecular flexibility index (Phi) is 9.21. The topological polar surface area (TPSA) is 79.9 Å². The number of likely N-dealkylation sites (tertiary alicyclic amines) is 1. The van der Waals surface area contributed by atoms with Crippen molar-refractivity contribution in [2.24, 2.45) is 5.92 Å². The first kappa shape index (κ1) is 21.3. The molecule has 2 amide bonds. The summed E-state index contributed by atoms with van der Waals surface area (Å²) in [5.74, 6) is 1.11. The SMILES string of the molecule is CNC(=O)COC(=O)NCCC1CCN(CCOc2ccc(Cl)cc2)CC1. The molecule has 1 heterocycles. The van der Waals surface area contributed by atoms with E-state index in [0.717, 1.165) is 44.6 Å². The molecule has 1 aromatic rings. The number of amides is 2. The highest BCUT2D eigenvalue weighted by Gasteiger charge is 2.19. The van der Waals surface area contributed by atoms with Crippen molar-refractivity contribution in [3.05, 3.63) is 29.3 Å². The molecule has 0 aromatic heterocycles. The minimum absolute atomic E-state index is 0.251. The van der Waals surface area contributed by atoms with Crippen LogP contribution in [-0.2, 0) is 9.53 Å². The molecule has 0 radical (unpaired) electrons. The number of hydrogen-bond acceptors (Lipinski definition) is 5. The average Bonchev–Trinajstić information content (AvgIpc) is 2.69. The fourth-order valence-corrected chi connectivity index (χ4v) is 3.08. The van der Waals surface area contributed by atoms with Crippen molar-refractivity contribution in [3.8, 4) is 5.75 Å². The van der Waals surface area contributed by atoms with Crippen LogP contribution in [0.5, 0.6) is 5.75 Å². The van der Waals surface area contributed by atoms with E-state index in [1.807, 2.05) is 24.3 Å². The lowest BCUT2D eigenvalue weighted by molar-refractivity contribution is -0.123. The van der Waals surface area contributed by atoms with Gasteiger partial charge < -0.3 is 20.1 Å². The van der Waals surface area contributed by atoms with Crippen LogP contribution in [0, 0.1) is 5.92 Å². The van der Waals surface area contributed by atoms with Gasteiger partial charge in [0.1, 0.15) is 12.4 Å². The Hall–Kier alpha value is -1.99. The number of piperidine rings is 1. The van der Waals surface area contributed by atoms with Gasteiger partial charge in [0.2, 0.25) is 0 Å². The zero-order chi connectivity index (χ0) is 19.5. The lowest BCUT2D eigenvalue weighted by Gasteiger charge is -2.31. The number of ether oxygens (including phenoxy) is 2. The molecule has 0 saturated carbocycles. The molecule has 1 aliphatic rings. The Bertz CT molecular complexity index is 589. The van der Waals surface area contributed by atoms with Gasteiger partial charge >= 0.3 is 6.09 Å². The average molecular weight is 398 g/mol. The fraction of sp³-hybridized carbons (Fsp3) is 0.579. The van der Waals surface area contributed by atoms with Crippen LogP contribution in [0.2, 0.25) is 5.02 Å². The second-order valence-electron chi connectivity index (χ2n) is 6.55. The highest BCUT2D eigenvalue weighted by atomic mass is 35.5. The monoisotopic (exact) mass is 397 g/mol. The smallest absolute Gasteiger partial charge is 0.407 e. The van der Waals surface area contributed by atoms with Gasteiger partial charge in [0.15, 0.2) is 6.61 Å². The molecule has 2 N–H and O–H groups in total. The van der Waals surface area contributed by atoms with Crippen LogP contribution in [0.1, 0.15) is 19.3 Å². The van der Waals surface area contributed by atoms with E-state index < -0.39 is 6.09 Å². The zero-order valence-corrected chi connectivity index (χ0v) is 16.5. The minimum atomic E-state index is -0.546. The number of likely N-dealkylation sites (N-methyl/N-ethyl adjacent to an activating group) is 1. The molecular weight excluding hydrogens is 370 g/mol. The number of carbonyl (C=O) groups excluding carboxylic acids is 2. The number of nitrogens with one attached hydrogen (secondary N) is 2. The second-order valence-corrected chi connectivity index (χ2v) is 6.99. The molecule has 150 valence electrons. The summed E-state index contributed by atoms with van der Waals surface area (Å²) in [6, 6.07) is 7.40. The minimum Gasteiger partial charge on any atom is -0.492 e. The number of alkyl carbamates (subject to hydrolysis) is 1. The van der Waals surface area contributed by atoms with Crippen molar-refractivity contribution in [1.29, 1.82) is 0 Å². The standard InChI is InChI=1S/C19H28ClN3O4/c1-21-18(24)14-27-19(25)22-9-6-15-7-10-23(11-8-15)12-13-26-17-4-2-16(20)3-5-17/h2-5,15H,6-14H2,1H3,(H,21,24)(H,22,25). The van der Waals surface area contributed by atoms with Crippen molar-refractivity contribution in [2.45, 2.75) is 19.3 Å². The first-order valence-electron chi connectivity index (χ1n) is 9.28. The largest absolute Gasteiger partial charge is 0.492 e. The molecule has 7 nitrogen and oxygen atoms in total. The van der Waals surface area contributed by atoms with Crippen LogP contribution in [0.15, 0.2) is 24.3 Å². The molecular formula is C19H28ClN3O4. The third-order valence-electron chi connectivity index (χ3n) is 4.63. The van der Waals surface area contributed by atoms with E-state index in [0.29, 0.717) is 24.1 Å². The normalized spacial score (nSPS) is 15.2. The van der Waals surface area contributed by atoms with Crippen LogP contribution in [0.25, 0.3) is 0 Å². The summed E-state index contributed by atoms with van der Waals surface area (Å²) in [5.41, 5.74) is 0. The van der Waals surface area contributed by atoms with Crippen LogP contribution in [0.3, 0.4) is 0 Å². The van der Waals surface area contributed by atoms with E-state index in [2.05, 4.69) is 15.5 Å². The van der Waals surface area contributed by atoms with Gasteiger partial charge in [-0.2, -0.15) is 0 Å². The third kappa shape index (κ3) is 8.49. The van der Waals surface area contributed by atoms with Crippen molar-refractivity contribution >= 4 is 23.6 Å². The summed E-state index contributed by atoms with van der Waals surface area (Å²) >= 11 is 5.86. The van der Waals surface area contributed by atoms with E-state index >= 15 is 0 Å². The van der Waals surface area contributed by atoms with E-state index in [1.165, 1.54) is 7.05 Å². The molecule has 1 fully saturated rings. The van der Waals surface area contributed by atoms with Gasteiger partial charge in [-0.15, -0.1) is 0 Å². The predicted molar refractivity (Wildman–Crippen MR) is 104 cm³/mol. The van der Waals surface area contributed by atoms with Crippen molar-refractivity contribution in [2.75, 3.05) is 46.4 Å². The highest BCUT2D eigenvalue weighted by molar-refractivity contribution is 6.30. The Balaban J connectivity index is 1.51. The van der Waals surface area contributed by atoms with Crippen molar-refractivity contribution < 1.29 is 19.1 Å². The molecule has 0 unspecified atom stereocenters. The molecule has 1 aromatic carbocycles. The van der Waals surface area contributed by atoms with E-state index in [-0.39, 0.29) is 12.5 Å². The number of rotatable bonds is 9. The van der Waals surface area contributed by atoms with Gasteiger partial charge in [-0.05, 0) is 62.5 Å². The van der Waals surface area contributed by atoms with Gasteiger partial charge in [0, 0.05) is 25.2 Å². The van der Waals surface area contributed by atoms with E-state index in [4.69, 9.17) is 21.1 Å². The summed E-state index contributed by atoms with van der Waals surface area (Å²) in [6.45, 7) is 3.95. The van der Waals surface area contributed by atoms with Gasteiger partial charge in [-0.1, -0.05) is 11.6 Å². The number of hydrogen-bond donors (Lipinski definition) is 2. The third-order valence-corrected chi connectivity index (χ3v) is 4.88. The van der Waals surface area contributed by atoms with Gasteiger partial charge in [-0.3, -0.25) is 9.69 Å². The molecule has 27 heavy (non-hydrogen) atoms. The molecule has 8 heteroatoms. The van der Waals surface area contributed by atoms with Crippen molar-refractivity contribution in [1.82, 2.24) is 15.5 Å². The number of benzene rings is 1. The summed E-state index contributed by atoms with van der Waals surface area (Å²) < 4.78 is 10.5.